The minimum atomic E-state index is -0.476. The van der Waals surface area contributed by atoms with E-state index in [1.54, 1.807) is 29.2 Å². The van der Waals surface area contributed by atoms with Crippen LogP contribution in [0.1, 0.15) is 33.3 Å². The van der Waals surface area contributed by atoms with E-state index in [1.165, 1.54) is 17.6 Å². The molecule has 4 aromatic rings. The number of hydrogen-bond donors (Lipinski definition) is 1. The molecule has 10 nitrogen and oxygen atoms in total. The van der Waals surface area contributed by atoms with Crippen LogP contribution in [-0.2, 0) is 16.1 Å². The van der Waals surface area contributed by atoms with Crippen LogP contribution in [0.25, 0.3) is 5.69 Å². The molecule has 0 radical (unpaired) electrons. The van der Waals surface area contributed by atoms with E-state index in [-0.39, 0.29) is 24.9 Å². The zero-order chi connectivity index (χ0) is 29.5. The van der Waals surface area contributed by atoms with E-state index in [9.17, 15) is 9.59 Å². The summed E-state index contributed by atoms with van der Waals surface area (Å²) in [6, 6.07) is 20.7. The summed E-state index contributed by atoms with van der Waals surface area (Å²) < 4.78 is 25.5. The van der Waals surface area contributed by atoms with Gasteiger partial charge in [-0.25, -0.2) is 5.43 Å². The SMILES string of the molecule is Cc1ccc(C)n1-c1ccc(OCc2ccc(C(=O)N/N=C/c3ccc(OCC(=O)N4CCOCC4)c(I)c3)o2)cc1. The average molecular weight is 683 g/mol. The Balaban J connectivity index is 1.08. The number of rotatable bonds is 10. The van der Waals surface area contributed by atoms with E-state index >= 15 is 0 Å². The molecule has 2 aromatic heterocycles. The van der Waals surface area contributed by atoms with Crippen molar-refractivity contribution in [2.75, 3.05) is 32.9 Å². The predicted octanol–water partition coefficient (Wildman–Crippen LogP) is 4.87. The van der Waals surface area contributed by atoms with Crippen molar-refractivity contribution < 1.29 is 28.2 Å². The highest BCUT2D eigenvalue weighted by Crippen LogP contribution is 2.23. The maximum atomic E-state index is 12.5. The van der Waals surface area contributed by atoms with E-state index in [4.69, 9.17) is 18.6 Å². The topological polar surface area (TPSA) is 108 Å². The first kappa shape index (κ1) is 29.4. The van der Waals surface area contributed by atoms with Crippen molar-refractivity contribution in [3.05, 3.63) is 98.8 Å². The standard InChI is InChI=1S/C31H31IN4O6/c1-21-3-4-22(2)36(21)24-6-8-25(9-7-24)40-19-26-10-12-29(42-26)31(38)34-33-18-23-5-11-28(27(32)17-23)41-20-30(37)35-13-15-39-16-14-35/h3-12,17-18H,13-16,19-20H2,1-2H3,(H,34,38)/b33-18+. The number of benzene rings is 2. The fourth-order valence-electron chi connectivity index (χ4n) is 4.48. The van der Waals surface area contributed by atoms with Gasteiger partial charge in [0.25, 0.3) is 5.91 Å². The van der Waals surface area contributed by atoms with Crippen molar-refractivity contribution in [1.29, 1.82) is 0 Å². The molecular weight excluding hydrogens is 651 g/mol. The number of carbonyl (C=O) groups is 2. The Labute approximate surface area is 257 Å². The predicted molar refractivity (Wildman–Crippen MR) is 165 cm³/mol. The van der Waals surface area contributed by atoms with Crippen molar-refractivity contribution in [3.8, 4) is 17.2 Å². The monoisotopic (exact) mass is 682 g/mol. The summed E-state index contributed by atoms with van der Waals surface area (Å²) in [6.45, 7) is 6.55. The van der Waals surface area contributed by atoms with Crippen molar-refractivity contribution in [3.63, 3.8) is 0 Å². The van der Waals surface area contributed by atoms with Crippen LogP contribution >= 0.6 is 22.6 Å². The first-order chi connectivity index (χ1) is 20.4. The molecule has 0 bridgehead atoms. The third-order valence-electron chi connectivity index (χ3n) is 6.68. The number of ether oxygens (including phenoxy) is 3. The Bertz CT molecular complexity index is 1550. The molecule has 42 heavy (non-hydrogen) atoms. The molecule has 2 amide bonds. The number of nitrogens with zero attached hydrogens (tertiary/aromatic N) is 3. The molecular formula is C31H31IN4O6. The molecule has 1 fully saturated rings. The highest BCUT2D eigenvalue weighted by atomic mass is 127. The van der Waals surface area contributed by atoms with Crippen molar-refractivity contribution in [2.45, 2.75) is 20.5 Å². The largest absolute Gasteiger partial charge is 0.486 e. The molecule has 218 valence electrons. The molecule has 0 spiro atoms. The molecule has 5 rings (SSSR count). The summed E-state index contributed by atoms with van der Waals surface area (Å²) in [6.07, 6.45) is 1.52. The average Bonchev–Trinajstić information content (AvgIpc) is 3.62. The minimum Gasteiger partial charge on any atom is -0.486 e. The van der Waals surface area contributed by atoms with E-state index in [1.807, 2.05) is 30.3 Å². The fourth-order valence-corrected chi connectivity index (χ4v) is 5.17. The van der Waals surface area contributed by atoms with Crippen LogP contribution in [-0.4, -0.2) is 60.4 Å². The second kappa shape index (κ2) is 13.7. The van der Waals surface area contributed by atoms with Gasteiger partial charge in [-0.05, 0) is 109 Å². The number of aryl methyl sites for hydroxylation is 2. The van der Waals surface area contributed by atoms with Crippen LogP contribution < -0.4 is 14.9 Å². The Morgan fingerprint density at radius 2 is 1.71 bits per heavy atom. The van der Waals surface area contributed by atoms with E-state index in [0.717, 1.165) is 14.8 Å². The van der Waals surface area contributed by atoms with Gasteiger partial charge in [0.1, 0.15) is 23.9 Å². The summed E-state index contributed by atoms with van der Waals surface area (Å²) in [4.78, 5) is 26.5. The smallest absolute Gasteiger partial charge is 0.307 e. The summed E-state index contributed by atoms with van der Waals surface area (Å²) in [5.41, 5.74) is 6.63. The fraction of sp³-hybridized carbons (Fsp3) is 0.258. The number of hydrogen-bond acceptors (Lipinski definition) is 7. The molecule has 1 aliphatic heterocycles. The molecule has 11 heteroatoms. The van der Waals surface area contributed by atoms with Gasteiger partial charge in [-0.1, -0.05) is 0 Å². The lowest BCUT2D eigenvalue weighted by Crippen LogP contribution is -2.43. The minimum absolute atomic E-state index is 0.0320. The van der Waals surface area contributed by atoms with Crippen LogP contribution in [0, 0.1) is 17.4 Å². The summed E-state index contributed by atoms with van der Waals surface area (Å²) in [5.74, 6) is 1.40. The van der Waals surface area contributed by atoms with Crippen LogP contribution in [0.3, 0.4) is 0 Å². The summed E-state index contributed by atoms with van der Waals surface area (Å²) in [7, 11) is 0. The Morgan fingerprint density at radius 3 is 2.43 bits per heavy atom. The molecule has 3 heterocycles. The second-order valence-corrected chi connectivity index (χ2v) is 10.8. The van der Waals surface area contributed by atoms with Gasteiger partial charge in [0.15, 0.2) is 12.4 Å². The number of amides is 2. The number of halogens is 1. The number of aromatic nitrogens is 1. The van der Waals surface area contributed by atoms with Gasteiger partial charge in [-0.2, -0.15) is 5.10 Å². The van der Waals surface area contributed by atoms with Crippen LogP contribution in [0.4, 0.5) is 0 Å². The highest BCUT2D eigenvalue weighted by Gasteiger charge is 2.18. The first-order valence-corrected chi connectivity index (χ1v) is 14.5. The van der Waals surface area contributed by atoms with Crippen LogP contribution in [0.15, 0.2) is 76.2 Å². The second-order valence-electron chi connectivity index (χ2n) is 9.67. The third-order valence-corrected chi connectivity index (χ3v) is 7.53. The summed E-state index contributed by atoms with van der Waals surface area (Å²) in [5, 5.41) is 4.03. The zero-order valence-corrected chi connectivity index (χ0v) is 25.5. The van der Waals surface area contributed by atoms with Gasteiger partial charge in [0, 0.05) is 30.2 Å². The van der Waals surface area contributed by atoms with Crippen molar-refractivity contribution >= 4 is 40.6 Å². The number of carbonyl (C=O) groups excluding carboxylic acids is 2. The quantitative estimate of drug-likeness (QED) is 0.145. The molecule has 1 saturated heterocycles. The van der Waals surface area contributed by atoms with Gasteiger partial charge >= 0.3 is 5.91 Å². The first-order valence-electron chi connectivity index (χ1n) is 13.5. The number of furan rings is 1. The Kier molecular flexibility index (Phi) is 9.59. The van der Waals surface area contributed by atoms with Crippen LogP contribution in [0.2, 0.25) is 0 Å². The molecule has 0 saturated carbocycles. The zero-order valence-electron chi connectivity index (χ0n) is 23.3. The molecule has 0 unspecified atom stereocenters. The van der Waals surface area contributed by atoms with Gasteiger partial charge in [-0.15, -0.1) is 0 Å². The van der Waals surface area contributed by atoms with E-state index in [2.05, 4.69) is 63.7 Å². The van der Waals surface area contributed by atoms with Crippen LogP contribution in [0.5, 0.6) is 11.5 Å². The lowest BCUT2D eigenvalue weighted by Gasteiger charge is -2.26. The molecule has 0 atom stereocenters. The van der Waals surface area contributed by atoms with Gasteiger partial charge < -0.3 is 28.1 Å². The van der Waals surface area contributed by atoms with Crippen molar-refractivity contribution in [1.82, 2.24) is 14.9 Å². The maximum absolute atomic E-state index is 12.5. The van der Waals surface area contributed by atoms with Crippen molar-refractivity contribution in [2.24, 2.45) is 5.10 Å². The lowest BCUT2D eigenvalue weighted by atomic mass is 10.2. The Hall–Kier alpha value is -4.10. The highest BCUT2D eigenvalue weighted by molar-refractivity contribution is 14.1. The third kappa shape index (κ3) is 7.39. The number of nitrogens with one attached hydrogen (secondary N) is 1. The van der Waals surface area contributed by atoms with E-state index < -0.39 is 5.91 Å². The lowest BCUT2D eigenvalue weighted by molar-refractivity contribution is -0.137. The van der Waals surface area contributed by atoms with Gasteiger partial charge in [0.2, 0.25) is 0 Å². The molecule has 2 aromatic carbocycles. The molecule has 1 N–H and O–H groups in total. The Morgan fingerprint density at radius 1 is 0.976 bits per heavy atom. The maximum Gasteiger partial charge on any atom is 0.307 e. The van der Waals surface area contributed by atoms with Gasteiger partial charge in [-0.3, -0.25) is 9.59 Å². The van der Waals surface area contributed by atoms with Gasteiger partial charge in [0.05, 0.1) is 23.0 Å². The number of morpholine rings is 1. The molecule has 1 aliphatic rings. The summed E-state index contributed by atoms with van der Waals surface area (Å²) >= 11 is 2.14. The van der Waals surface area contributed by atoms with E-state index in [0.29, 0.717) is 43.6 Å². The molecule has 0 aliphatic carbocycles. The normalized spacial score (nSPS) is 13.4. The number of hydrazone groups is 1.